The van der Waals surface area contributed by atoms with E-state index < -0.39 is 11.8 Å². The molecule has 1 aromatic carbocycles. The summed E-state index contributed by atoms with van der Waals surface area (Å²) in [6, 6.07) is 6.53. The summed E-state index contributed by atoms with van der Waals surface area (Å²) in [5, 5.41) is 2.81. The van der Waals surface area contributed by atoms with Crippen molar-refractivity contribution in [1.29, 1.82) is 0 Å². The first-order valence-electron chi connectivity index (χ1n) is 12.0. The summed E-state index contributed by atoms with van der Waals surface area (Å²) in [4.78, 5) is 39.1. The van der Waals surface area contributed by atoms with Crippen molar-refractivity contribution in [2.45, 2.75) is 45.2 Å². The molecule has 0 radical (unpaired) electrons. The summed E-state index contributed by atoms with van der Waals surface area (Å²) in [6.45, 7) is 5.99. The Kier molecular flexibility index (Phi) is 6.22. The maximum Gasteiger partial charge on any atom is 0.270 e. The number of amides is 1. The fraction of sp³-hybridized carbons (Fsp3) is 0.440. The second kappa shape index (κ2) is 9.33. The van der Waals surface area contributed by atoms with E-state index >= 15 is 4.39 Å². The zero-order valence-corrected chi connectivity index (χ0v) is 19.8. The first-order valence-corrected chi connectivity index (χ1v) is 12.0. The molecule has 10 heteroatoms. The number of fused-ring (bicyclic) bond motifs is 1. The van der Waals surface area contributed by atoms with E-state index in [0.717, 1.165) is 12.8 Å². The van der Waals surface area contributed by atoms with Gasteiger partial charge in [0.15, 0.2) is 5.82 Å². The number of benzene rings is 1. The van der Waals surface area contributed by atoms with E-state index in [4.69, 9.17) is 0 Å². The van der Waals surface area contributed by atoms with Gasteiger partial charge in [0.2, 0.25) is 5.95 Å². The minimum Gasteiger partial charge on any atom is -0.365 e. The van der Waals surface area contributed by atoms with Crippen molar-refractivity contribution >= 4 is 22.6 Å². The van der Waals surface area contributed by atoms with Gasteiger partial charge in [-0.3, -0.25) is 14.5 Å². The lowest BCUT2D eigenvalue weighted by Gasteiger charge is -2.39. The maximum atomic E-state index is 15.3. The molecule has 0 spiro atoms. The SMILES string of the molecule is CCc1nc2ccc(C(C)N3CCN(c4ccc(C(=O)NC5CC5)nc4F)CC3)c(F)c2[nH]c1=O. The summed E-state index contributed by atoms with van der Waals surface area (Å²) in [5.74, 6) is -1.49. The van der Waals surface area contributed by atoms with Crippen LogP contribution in [0.3, 0.4) is 0 Å². The van der Waals surface area contributed by atoms with Gasteiger partial charge in [-0.25, -0.2) is 14.4 Å². The molecule has 3 heterocycles. The number of anilines is 1. The largest absolute Gasteiger partial charge is 0.365 e. The number of hydrogen-bond donors (Lipinski definition) is 2. The number of aromatic nitrogens is 3. The van der Waals surface area contributed by atoms with E-state index in [1.807, 2.05) is 18.7 Å². The zero-order chi connectivity index (χ0) is 24.7. The first-order chi connectivity index (χ1) is 16.9. The lowest BCUT2D eigenvalue weighted by molar-refractivity contribution is 0.0945. The minimum atomic E-state index is -0.668. The average Bonchev–Trinajstić information content (AvgIpc) is 3.68. The van der Waals surface area contributed by atoms with E-state index in [1.165, 1.54) is 0 Å². The van der Waals surface area contributed by atoms with Gasteiger partial charge in [0.25, 0.3) is 11.5 Å². The normalized spacial score (nSPS) is 17.5. The smallest absolute Gasteiger partial charge is 0.270 e. The molecular weight excluding hydrogens is 454 g/mol. The highest BCUT2D eigenvalue weighted by molar-refractivity contribution is 5.92. The Morgan fingerprint density at radius 1 is 1.14 bits per heavy atom. The van der Waals surface area contributed by atoms with E-state index in [9.17, 15) is 14.0 Å². The Morgan fingerprint density at radius 3 is 2.54 bits per heavy atom. The van der Waals surface area contributed by atoms with Crippen molar-refractivity contribution in [3.05, 3.63) is 63.3 Å². The molecule has 1 aliphatic heterocycles. The van der Waals surface area contributed by atoms with Crippen molar-refractivity contribution < 1.29 is 13.6 Å². The molecule has 1 amide bonds. The Hall–Kier alpha value is -3.40. The van der Waals surface area contributed by atoms with Crippen LogP contribution in [0.15, 0.2) is 29.1 Å². The molecule has 1 aliphatic carbocycles. The number of halogens is 2. The number of H-pyrrole nitrogens is 1. The van der Waals surface area contributed by atoms with Crippen LogP contribution in [0.2, 0.25) is 0 Å². The summed E-state index contributed by atoms with van der Waals surface area (Å²) in [5.41, 5.74) is 1.47. The maximum absolute atomic E-state index is 15.3. The number of nitrogens with zero attached hydrogens (tertiary/aromatic N) is 4. The van der Waals surface area contributed by atoms with Crippen LogP contribution in [-0.2, 0) is 6.42 Å². The van der Waals surface area contributed by atoms with Crippen LogP contribution in [0.25, 0.3) is 11.0 Å². The molecule has 35 heavy (non-hydrogen) atoms. The molecule has 2 aromatic heterocycles. The van der Waals surface area contributed by atoms with Gasteiger partial charge in [-0.05, 0) is 44.4 Å². The number of piperazine rings is 1. The Balaban J connectivity index is 1.28. The molecule has 1 unspecified atom stereocenters. The van der Waals surface area contributed by atoms with Crippen molar-refractivity contribution in [3.8, 4) is 0 Å². The number of carbonyl (C=O) groups is 1. The van der Waals surface area contributed by atoms with Gasteiger partial charge in [-0.15, -0.1) is 0 Å². The lowest BCUT2D eigenvalue weighted by Crippen LogP contribution is -2.47. The van der Waals surface area contributed by atoms with Crippen LogP contribution in [0.1, 0.15) is 54.5 Å². The van der Waals surface area contributed by atoms with Gasteiger partial charge >= 0.3 is 0 Å². The first kappa shape index (κ1) is 23.3. The standard InChI is InChI=1S/C25H28F2N6O2/c1-3-17-24(34)31-22-18(29-17)7-6-16(21(22)26)14(2)32-10-12-33(13-11-32)20-9-8-19(30-23(20)27)25(35)28-15-4-5-15/h6-9,14-15H,3-5,10-13H2,1-2H3,(H,28,35)(H,31,34). The molecule has 184 valence electrons. The van der Waals surface area contributed by atoms with Gasteiger partial charge < -0.3 is 15.2 Å². The highest BCUT2D eigenvalue weighted by Gasteiger charge is 2.28. The third-order valence-electron chi connectivity index (χ3n) is 6.87. The number of pyridine rings is 1. The second-order valence-corrected chi connectivity index (χ2v) is 9.18. The molecule has 1 saturated heterocycles. The molecule has 3 aromatic rings. The number of aryl methyl sites for hydroxylation is 1. The van der Waals surface area contributed by atoms with Crippen LogP contribution >= 0.6 is 0 Å². The molecule has 5 rings (SSSR count). The van der Waals surface area contributed by atoms with E-state index in [0.29, 0.717) is 55.1 Å². The van der Waals surface area contributed by atoms with Crippen LogP contribution in [0.5, 0.6) is 0 Å². The van der Waals surface area contributed by atoms with Crippen molar-refractivity contribution in [2.75, 3.05) is 31.1 Å². The molecule has 2 aliphatic rings. The van der Waals surface area contributed by atoms with Crippen LogP contribution in [0, 0.1) is 11.8 Å². The van der Waals surface area contributed by atoms with Gasteiger partial charge in [0.1, 0.15) is 16.9 Å². The van der Waals surface area contributed by atoms with E-state index in [2.05, 4.69) is 25.2 Å². The Labute approximate surface area is 201 Å². The fourth-order valence-corrected chi connectivity index (χ4v) is 4.56. The highest BCUT2D eigenvalue weighted by Crippen LogP contribution is 2.29. The van der Waals surface area contributed by atoms with Crippen LogP contribution < -0.4 is 15.8 Å². The molecule has 1 saturated carbocycles. The highest BCUT2D eigenvalue weighted by atomic mass is 19.1. The van der Waals surface area contributed by atoms with Gasteiger partial charge in [0.05, 0.1) is 11.2 Å². The lowest BCUT2D eigenvalue weighted by atomic mass is 10.0. The summed E-state index contributed by atoms with van der Waals surface area (Å²) < 4.78 is 30.1. The molecule has 1 atom stereocenters. The van der Waals surface area contributed by atoms with Crippen molar-refractivity contribution in [2.24, 2.45) is 0 Å². The number of hydrogen-bond acceptors (Lipinski definition) is 6. The Morgan fingerprint density at radius 2 is 1.89 bits per heavy atom. The third-order valence-corrected chi connectivity index (χ3v) is 6.87. The monoisotopic (exact) mass is 482 g/mol. The van der Waals surface area contributed by atoms with Crippen LogP contribution in [0.4, 0.5) is 14.5 Å². The quantitative estimate of drug-likeness (QED) is 0.525. The summed E-state index contributed by atoms with van der Waals surface area (Å²) in [6.07, 6.45) is 2.38. The van der Waals surface area contributed by atoms with Crippen LogP contribution in [-0.4, -0.2) is 58.0 Å². The zero-order valence-electron chi connectivity index (χ0n) is 19.8. The number of aromatic amines is 1. The summed E-state index contributed by atoms with van der Waals surface area (Å²) >= 11 is 0. The molecule has 2 N–H and O–H groups in total. The average molecular weight is 483 g/mol. The fourth-order valence-electron chi connectivity index (χ4n) is 4.56. The number of nitrogens with one attached hydrogen (secondary N) is 2. The molecular formula is C25H28F2N6O2. The molecule has 2 fully saturated rings. The predicted molar refractivity (Wildman–Crippen MR) is 129 cm³/mol. The Bertz CT molecular complexity index is 1330. The van der Waals surface area contributed by atoms with Crippen molar-refractivity contribution in [3.63, 3.8) is 0 Å². The summed E-state index contributed by atoms with van der Waals surface area (Å²) in [7, 11) is 0. The topological polar surface area (TPSA) is 94.2 Å². The van der Waals surface area contributed by atoms with Gasteiger partial charge in [-0.2, -0.15) is 4.39 Å². The van der Waals surface area contributed by atoms with E-state index in [1.54, 1.807) is 24.3 Å². The second-order valence-electron chi connectivity index (χ2n) is 9.18. The third kappa shape index (κ3) is 4.62. The molecule has 0 bridgehead atoms. The van der Waals surface area contributed by atoms with Gasteiger partial charge in [0, 0.05) is 43.8 Å². The van der Waals surface area contributed by atoms with Gasteiger partial charge in [-0.1, -0.05) is 13.0 Å². The van der Waals surface area contributed by atoms with Crippen molar-refractivity contribution in [1.82, 2.24) is 25.2 Å². The number of rotatable bonds is 6. The molecule has 8 nitrogen and oxygen atoms in total. The van der Waals surface area contributed by atoms with E-state index in [-0.39, 0.29) is 34.8 Å². The number of carbonyl (C=O) groups excluding carboxylic acids is 1. The minimum absolute atomic E-state index is 0.0794. The predicted octanol–water partition coefficient (Wildman–Crippen LogP) is 2.93.